The van der Waals surface area contributed by atoms with Crippen molar-refractivity contribution in [3.05, 3.63) is 41.2 Å². The first-order chi connectivity index (χ1) is 11.6. The van der Waals surface area contributed by atoms with E-state index in [0.29, 0.717) is 6.61 Å². The number of H-pyrrole nitrogens is 1. The molecule has 0 fully saturated rings. The third-order valence-electron chi connectivity index (χ3n) is 3.85. The first-order valence-corrected chi connectivity index (χ1v) is 8.85. The van der Waals surface area contributed by atoms with Crippen molar-refractivity contribution < 1.29 is 9.47 Å². The molecule has 0 amide bonds. The molecule has 2 aromatic heterocycles. The highest BCUT2D eigenvalue weighted by Gasteiger charge is 2.12. The van der Waals surface area contributed by atoms with Crippen LogP contribution in [0.25, 0.3) is 11.0 Å². The van der Waals surface area contributed by atoms with E-state index in [1.165, 1.54) is 0 Å². The van der Waals surface area contributed by atoms with Crippen molar-refractivity contribution in [2.75, 3.05) is 13.7 Å². The topological polar surface area (TPSA) is 60.0 Å². The van der Waals surface area contributed by atoms with Crippen LogP contribution in [-0.2, 0) is 5.75 Å². The molecule has 6 heteroatoms. The zero-order valence-electron chi connectivity index (χ0n) is 14.3. The van der Waals surface area contributed by atoms with Crippen molar-refractivity contribution in [1.29, 1.82) is 0 Å². The first kappa shape index (κ1) is 16.6. The largest absolute Gasteiger partial charge is 0.497 e. The van der Waals surface area contributed by atoms with Crippen molar-refractivity contribution in [1.82, 2.24) is 15.0 Å². The monoisotopic (exact) mass is 343 g/mol. The number of nitrogens with one attached hydrogen (secondary N) is 1. The first-order valence-electron chi connectivity index (χ1n) is 7.86. The molecule has 0 unspecified atom stereocenters. The second-order valence-electron chi connectivity index (χ2n) is 5.49. The molecule has 0 bridgehead atoms. The highest BCUT2D eigenvalue weighted by molar-refractivity contribution is 7.98. The average molecular weight is 343 g/mol. The van der Waals surface area contributed by atoms with Gasteiger partial charge in [-0.05, 0) is 32.9 Å². The van der Waals surface area contributed by atoms with Gasteiger partial charge in [-0.2, -0.15) is 0 Å². The summed E-state index contributed by atoms with van der Waals surface area (Å²) in [7, 11) is 1.66. The Morgan fingerprint density at radius 3 is 2.83 bits per heavy atom. The molecule has 3 rings (SSSR count). The summed E-state index contributed by atoms with van der Waals surface area (Å²) < 4.78 is 11.0. The fraction of sp³-hybridized carbons (Fsp3) is 0.333. The smallest absolute Gasteiger partial charge is 0.166 e. The number of hydrogen-bond donors (Lipinski definition) is 1. The minimum Gasteiger partial charge on any atom is -0.497 e. The molecule has 1 aromatic carbocycles. The zero-order chi connectivity index (χ0) is 17.1. The van der Waals surface area contributed by atoms with Crippen LogP contribution in [0.2, 0.25) is 0 Å². The standard InChI is InChI=1S/C18H21N3O2S/c1-5-23-17-11(2)9-19-16(12(17)3)10-24-18-20-14-7-6-13(22-4)8-15(14)21-18/h6-9H,5,10H2,1-4H3,(H,20,21). The molecule has 3 aromatic rings. The summed E-state index contributed by atoms with van der Waals surface area (Å²) in [6.07, 6.45) is 1.87. The molecule has 0 saturated heterocycles. The SMILES string of the molecule is CCOc1c(C)cnc(CSc2nc3cc(OC)ccc3[nH]2)c1C. The van der Waals surface area contributed by atoms with Crippen molar-refractivity contribution in [3.63, 3.8) is 0 Å². The number of pyridine rings is 1. The number of aromatic nitrogens is 3. The summed E-state index contributed by atoms with van der Waals surface area (Å²) in [5.41, 5.74) is 5.09. The number of benzene rings is 1. The Kier molecular flexibility index (Phi) is 4.94. The second kappa shape index (κ2) is 7.13. The van der Waals surface area contributed by atoms with Crippen molar-refractivity contribution >= 4 is 22.8 Å². The van der Waals surface area contributed by atoms with E-state index in [9.17, 15) is 0 Å². The number of nitrogens with zero attached hydrogens (tertiary/aromatic N) is 2. The Morgan fingerprint density at radius 1 is 1.25 bits per heavy atom. The highest BCUT2D eigenvalue weighted by Crippen LogP contribution is 2.29. The number of methoxy groups -OCH3 is 1. The lowest BCUT2D eigenvalue weighted by molar-refractivity contribution is 0.334. The lowest BCUT2D eigenvalue weighted by Crippen LogP contribution is -2.01. The van der Waals surface area contributed by atoms with Gasteiger partial charge >= 0.3 is 0 Å². The number of rotatable bonds is 6. The Labute approximate surface area is 145 Å². The van der Waals surface area contributed by atoms with E-state index in [1.54, 1.807) is 18.9 Å². The average Bonchev–Trinajstić information content (AvgIpc) is 2.99. The van der Waals surface area contributed by atoms with Gasteiger partial charge in [-0.25, -0.2) is 4.98 Å². The molecule has 5 nitrogen and oxygen atoms in total. The highest BCUT2D eigenvalue weighted by atomic mass is 32.2. The maximum absolute atomic E-state index is 5.75. The Bertz CT molecular complexity index is 861. The van der Waals surface area contributed by atoms with E-state index in [0.717, 1.165) is 50.3 Å². The minimum atomic E-state index is 0.656. The fourth-order valence-corrected chi connectivity index (χ4v) is 3.47. The summed E-state index contributed by atoms with van der Waals surface area (Å²) in [6, 6.07) is 5.83. The quantitative estimate of drug-likeness (QED) is 0.677. The fourth-order valence-electron chi connectivity index (χ4n) is 2.56. The van der Waals surface area contributed by atoms with Crippen LogP contribution in [-0.4, -0.2) is 28.7 Å². The molecule has 126 valence electrons. The van der Waals surface area contributed by atoms with E-state index in [4.69, 9.17) is 9.47 Å². The third-order valence-corrected chi connectivity index (χ3v) is 4.73. The molecule has 1 N–H and O–H groups in total. The number of thioether (sulfide) groups is 1. The number of hydrogen-bond acceptors (Lipinski definition) is 5. The molecule has 0 aliphatic heterocycles. The molecule has 0 aliphatic carbocycles. The molecular formula is C18H21N3O2S. The van der Waals surface area contributed by atoms with Crippen LogP contribution in [0.15, 0.2) is 29.6 Å². The van der Waals surface area contributed by atoms with Gasteiger partial charge in [0.05, 0.1) is 30.4 Å². The Morgan fingerprint density at radius 2 is 2.08 bits per heavy atom. The van der Waals surface area contributed by atoms with Crippen LogP contribution in [0.3, 0.4) is 0 Å². The predicted molar refractivity (Wildman–Crippen MR) is 97.1 cm³/mol. The number of ether oxygens (including phenoxy) is 2. The van der Waals surface area contributed by atoms with E-state index in [1.807, 2.05) is 38.2 Å². The van der Waals surface area contributed by atoms with Gasteiger partial charge in [0.15, 0.2) is 5.16 Å². The van der Waals surface area contributed by atoms with Crippen LogP contribution in [0.5, 0.6) is 11.5 Å². The van der Waals surface area contributed by atoms with Gasteiger partial charge in [0.25, 0.3) is 0 Å². The van der Waals surface area contributed by atoms with Gasteiger partial charge in [-0.1, -0.05) is 11.8 Å². The normalized spacial score (nSPS) is 11.0. The molecule has 2 heterocycles. The van der Waals surface area contributed by atoms with Gasteiger partial charge in [-0.3, -0.25) is 4.98 Å². The summed E-state index contributed by atoms with van der Waals surface area (Å²) in [6.45, 7) is 6.74. The van der Waals surface area contributed by atoms with Crippen molar-refractivity contribution in [3.8, 4) is 11.5 Å². The van der Waals surface area contributed by atoms with Crippen molar-refractivity contribution in [2.45, 2.75) is 31.7 Å². The number of aryl methyl sites for hydroxylation is 1. The van der Waals surface area contributed by atoms with E-state index >= 15 is 0 Å². The van der Waals surface area contributed by atoms with E-state index < -0.39 is 0 Å². The second-order valence-corrected chi connectivity index (χ2v) is 6.45. The van der Waals surface area contributed by atoms with Crippen molar-refractivity contribution in [2.24, 2.45) is 0 Å². The summed E-state index contributed by atoms with van der Waals surface area (Å²) in [4.78, 5) is 12.5. The van der Waals surface area contributed by atoms with E-state index in [2.05, 4.69) is 21.9 Å². The molecule has 0 aliphatic rings. The Balaban J connectivity index is 1.79. The summed E-state index contributed by atoms with van der Waals surface area (Å²) in [5, 5.41) is 0.873. The third kappa shape index (κ3) is 3.33. The lowest BCUT2D eigenvalue weighted by Gasteiger charge is -2.13. The van der Waals surface area contributed by atoms with Crippen LogP contribution < -0.4 is 9.47 Å². The van der Waals surface area contributed by atoms with Gasteiger partial charge in [-0.15, -0.1) is 0 Å². The Hall–Kier alpha value is -2.21. The van der Waals surface area contributed by atoms with Gasteiger partial charge in [0.1, 0.15) is 11.5 Å². The van der Waals surface area contributed by atoms with Crippen LogP contribution in [0, 0.1) is 13.8 Å². The number of fused-ring (bicyclic) bond motifs is 1. The molecule has 24 heavy (non-hydrogen) atoms. The molecular weight excluding hydrogens is 322 g/mol. The van der Waals surface area contributed by atoms with Gasteiger partial charge in [0, 0.05) is 29.1 Å². The van der Waals surface area contributed by atoms with Crippen LogP contribution >= 0.6 is 11.8 Å². The lowest BCUT2D eigenvalue weighted by atomic mass is 10.1. The van der Waals surface area contributed by atoms with Crippen LogP contribution in [0.1, 0.15) is 23.7 Å². The molecule has 0 spiro atoms. The number of imidazole rings is 1. The predicted octanol–water partition coefficient (Wildman–Crippen LogP) is 4.27. The molecule has 0 atom stereocenters. The molecule has 0 radical (unpaired) electrons. The summed E-state index contributed by atoms with van der Waals surface area (Å²) in [5.74, 6) is 2.49. The maximum Gasteiger partial charge on any atom is 0.166 e. The zero-order valence-corrected chi connectivity index (χ0v) is 15.2. The minimum absolute atomic E-state index is 0.656. The van der Waals surface area contributed by atoms with E-state index in [-0.39, 0.29) is 0 Å². The van der Waals surface area contributed by atoms with Crippen LogP contribution in [0.4, 0.5) is 0 Å². The maximum atomic E-state index is 5.75. The number of aromatic amines is 1. The molecule has 0 saturated carbocycles. The van der Waals surface area contributed by atoms with Gasteiger partial charge in [0.2, 0.25) is 0 Å². The van der Waals surface area contributed by atoms with Gasteiger partial charge < -0.3 is 14.5 Å². The summed E-state index contributed by atoms with van der Waals surface area (Å²) >= 11 is 1.63.